The summed E-state index contributed by atoms with van der Waals surface area (Å²) in [7, 11) is 5.96. The Kier molecular flexibility index (Phi) is 4.28. The van der Waals surface area contributed by atoms with Crippen LogP contribution in [0.5, 0.6) is 0 Å². The molecule has 5 heteroatoms. The van der Waals surface area contributed by atoms with Gasteiger partial charge in [0.15, 0.2) is 0 Å². The van der Waals surface area contributed by atoms with Gasteiger partial charge in [0.2, 0.25) is 0 Å². The van der Waals surface area contributed by atoms with Gasteiger partial charge in [-0.25, -0.2) is 9.97 Å². The molecule has 0 bridgehead atoms. The van der Waals surface area contributed by atoms with Crippen molar-refractivity contribution in [2.75, 3.05) is 37.5 Å². The van der Waals surface area contributed by atoms with Crippen molar-refractivity contribution in [3.8, 4) is 0 Å². The highest BCUT2D eigenvalue weighted by Gasteiger charge is 2.13. The molecule has 1 heterocycles. The normalized spacial score (nSPS) is 11.4. The highest BCUT2D eigenvalue weighted by atomic mass is 15.2. The van der Waals surface area contributed by atoms with Gasteiger partial charge >= 0.3 is 0 Å². The van der Waals surface area contributed by atoms with Gasteiger partial charge < -0.3 is 15.5 Å². The summed E-state index contributed by atoms with van der Waals surface area (Å²) in [6.07, 6.45) is 2.51. The third-order valence-electron chi connectivity index (χ3n) is 2.58. The van der Waals surface area contributed by atoms with Crippen LogP contribution in [0.3, 0.4) is 0 Å². The molecule has 0 radical (unpaired) electrons. The van der Waals surface area contributed by atoms with Crippen LogP contribution in [0.2, 0.25) is 0 Å². The lowest BCUT2D eigenvalue weighted by molar-refractivity contribution is 0.478. The van der Waals surface area contributed by atoms with Crippen molar-refractivity contribution in [3.63, 3.8) is 0 Å². The lowest BCUT2D eigenvalue weighted by atomic mass is 10.0. The van der Waals surface area contributed by atoms with Gasteiger partial charge in [0.1, 0.15) is 18.0 Å². The van der Waals surface area contributed by atoms with Crippen molar-refractivity contribution in [1.29, 1.82) is 0 Å². The van der Waals surface area contributed by atoms with Gasteiger partial charge in [0.05, 0.1) is 0 Å². The van der Waals surface area contributed by atoms with E-state index in [-0.39, 0.29) is 5.54 Å². The monoisotopic (exact) mass is 237 g/mol. The van der Waals surface area contributed by atoms with E-state index in [1.165, 1.54) is 0 Å². The van der Waals surface area contributed by atoms with Gasteiger partial charge in [-0.1, -0.05) is 0 Å². The van der Waals surface area contributed by atoms with E-state index in [2.05, 4.69) is 14.9 Å². The third kappa shape index (κ3) is 4.56. The van der Waals surface area contributed by atoms with Crippen molar-refractivity contribution >= 4 is 11.6 Å². The molecule has 0 atom stereocenters. The molecule has 0 spiro atoms. The van der Waals surface area contributed by atoms with Crippen LogP contribution in [0.15, 0.2) is 12.4 Å². The molecule has 0 aliphatic rings. The Labute approximate surface area is 104 Å². The average Bonchev–Trinajstić information content (AvgIpc) is 2.25. The quantitative estimate of drug-likeness (QED) is 0.831. The summed E-state index contributed by atoms with van der Waals surface area (Å²) in [5.74, 6) is 1.84. The lowest BCUT2D eigenvalue weighted by Crippen LogP contribution is -2.36. The van der Waals surface area contributed by atoms with Crippen LogP contribution in [0, 0.1) is 0 Å². The zero-order valence-corrected chi connectivity index (χ0v) is 11.4. The first kappa shape index (κ1) is 13.7. The molecule has 1 aromatic heterocycles. The molecule has 5 nitrogen and oxygen atoms in total. The predicted molar refractivity (Wildman–Crippen MR) is 72.5 cm³/mol. The number of nitrogens with two attached hydrogens (primary N) is 1. The molecule has 17 heavy (non-hydrogen) atoms. The second-order valence-corrected chi connectivity index (χ2v) is 5.29. The number of nitrogens with zero attached hydrogens (tertiary/aromatic N) is 4. The fourth-order valence-electron chi connectivity index (χ4n) is 1.36. The minimum absolute atomic E-state index is 0.147. The van der Waals surface area contributed by atoms with Gasteiger partial charge in [-0.3, -0.25) is 0 Å². The molecule has 0 amide bonds. The van der Waals surface area contributed by atoms with Crippen LogP contribution in [0.4, 0.5) is 11.6 Å². The minimum atomic E-state index is -0.147. The van der Waals surface area contributed by atoms with E-state index in [0.29, 0.717) is 0 Å². The Morgan fingerprint density at radius 2 is 1.76 bits per heavy atom. The van der Waals surface area contributed by atoms with Crippen LogP contribution >= 0.6 is 0 Å². The third-order valence-corrected chi connectivity index (χ3v) is 2.58. The summed E-state index contributed by atoms with van der Waals surface area (Å²) in [4.78, 5) is 12.5. The first-order valence-electron chi connectivity index (χ1n) is 5.79. The highest BCUT2D eigenvalue weighted by Crippen LogP contribution is 2.15. The molecule has 0 saturated carbocycles. The molecular formula is C12H23N5. The van der Waals surface area contributed by atoms with Crippen molar-refractivity contribution in [3.05, 3.63) is 12.4 Å². The second-order valence-electron chi connectivity index (χ2n) is 5.29. The second kappa shape index (κ2) is 5.31. The summed E-state index contributed by atoms with van der Waals surface area (Å²) in [5.41, 5.74) is 5.83. The fourth-order valence-corrected chi connectivity index (χ4v) is 1.36. The smallest absolute Gasteiger partial charge is 0.133 e. The van der Waals surface area contributed by atoms with Crippen LogP contribution in [0.1, 0.15) is 20.3 Å². The highest BCUT2D eigenvalue weighted by molar-refractivity contribution is 5.48. The molecule has 2 N–H and O–H groups in total. The Morgan fingerprint density at radius 3 is 2.29 bits per heavy atom. The van der Waals surface area contributed by atoms with E-state index < -0.39 is 0 Å². The molecule has 1 aromatic rings. The molecule has 96 valence electrons. The van der Waals surface area contributed by atoms with Crippen LogP contribution in [-0.4, -0.2) is 43.2 Å². The maximum absolute atomic E-state index is 5.97. The number of rotatable bonds is 5. The first-order chi connectivity index (χ1) is 7.79. The average molecular weight is 237 g/mol. The fraction of sp³-hybridized carbons (Fsp3) is 0.667. The van der Waals surface area contributed by atoms with Crippen molar-refractivity contribution in [1.82, 2.24) is 9.97 Å². The van der Waals surface area contributed by atoms with Gasteiger partial charge in [-0.2, -0.15) is 0 Å². The number of aromatic nitrogens is 2. The van der Waals surface area contributed by atoms with E-state index in [4.69, 9.17) is 5.73 Å². The summed E-state index contributed by atoms with van der Waals surface area (Å²) < 4.78 is 0. The molecule has 0 aromatic carbocycles. The van der Waals surface area contributed by atoms with E-state index in [1.807, 2.05) is 46.0 Å². The maximum Gasteiger partial charge on any atom is 0.133 e. The minimum Gasteiger partial charge on any atom is -0.363 e. The summed E-state index contributed by atoms with van der Waals surface area (Å²) in [6.45, 7) is 4.95. The Bertz CT molecular complexity index is 356. The Hall–Kier alpha value is -1.36. The molecule has 1 rings (SSSR count). The zero-order valence-electron chi connectivity index (χ0n) is 11.4. The van der Waals surface area contributed by atoms with Crippen molar-refractivity contribution in [2.24, 2.45) is 5.73 Å². The predicted octanol–water partition coefficient (Wildman–Crippen LogP) is 1.11. The molecule has 0 fully saturated rings. The zero-order chi connectivity index (χ0) is 13.1. The summed E-state index contributed by atoms with van der Waals surface area (Å²) in [5, 5.41) is 0. The van der Waals surface area contributed by atoms with Crippen molar-refractivity contribution < 1.29 is 0 Å². The molecular weight excluding hydrogens is 214 g/mol. The maximum atomic E-state index is 5.97. The topological polar surface area (TPSA) is 58.3 Å². The summed E-state index contributed by atoms with van der Waals surface area (Å²) >= 11 is 0. The molecule has 0 aliphatic heterocycles. The molecule has 0 saturated heterocycles. The van der Waals surface area contributed by atoms with E-state index >= 15 is 0 Å². The van der Waals surface area contributed by atoms with Crippen LogP contribution in [-0.2, 0) is 0 Å². The standard InChI is InChI=1S/C12H23N5/c1-12(2,13)6-7-17(5)11-8-10(16(3)4)14-9-15-11/h8-9H,6-7,13H2,1-5H3. The number of anilines is 2. The SMILES string of the molecule is CN(C)c1cc(N(C)CCC(C)(C)N)ncn1. The van der Waals surface area contributed by atoms with Gasteiger partial charge in [-0.05, 0) is 20.3 Å². The molecule has 0 unspecified atom stereocenters. The van der Waals surface area contributed by atoms with E-state index in [9.17, 15) is 0 Å². The van der Waals surface area contributed by atoms with Gasteiger partial charge in [-0.15, -0.1) is 0 Å². The van der Waals surface area contributed by atoms with E-state index in [0.717, 1.165) is 24.6 Å². The Balaban J connectivity index is 2.69. The number of hydrogen-bond acceptors (Lipinski definition) is 5. The first-order valence-corrected chi connectivity index (χ1v) is 5.79. The summed E-state index contributed by atoms with van der Waals surface area (Å²) in [6, 6.07) is 1.98. The van der Waals surface area contributed by atoms with E-state index in [1.54, 1.807) is 6.33 Å². The van der Waals surface area contributed by atoms with Gasteiger partial charge in [0.25, 0.3) is 0 Å². The number of hydrogen-bond donors (Lipinski definition) is 1. The Morgan fingerprint density at radius 1 is 1.18 bits per heavy atom. The largest absolute Gasteiger partial charge is 0.363 e. The lowest BCUT2D eigenvalue weighted by Gasteiger charge is -2.24. The van der Waals surface area contributed by atoms with Crippen LogP contribution < -0.4 is 15.5 Å². The van der Waals surface area contributed by atoms with Gasteiger partial charge in [0, 0.05) is 39.3 Å². The van der Waals surface area contributed by atoms with Crippen molar-refractivity contribution in [2.45, 2.75) is 25.8 Å². The molecule has 0 aliphatic carbocycles. The van der Waals surface area contributed by atoms with Crippen LogP contribution in [0.25, 0.3) is 0 Å².